The Labute approximate surface area is 106 Å². The van der Waals surface area contributed by atoms with Crippen molar-refractivity contribution in [3.63, 3.8) is 0 Å². The molecule has 1 aromatic heterocycles. The highest BCUT2D eigenvalue weighted by atomic mass is 79.9. The molecular weight excluding hydrogens is 292 g/mol. The number of nitrogens with two attached hydrogens (primary N) is 1. The van der Waals surface area contributed by atoms with Gasteiger partial charge in [0.05, 0.1) is 6.04 Å². The SMILES string of the molecule is Cc1ccc(F)c(C(N)c2ccc(Br)o2)c1F. The average Bonchev–Trinajstić information content (AvgIpc) is 2.71. The minimum Gasteiger partial charge on any atom is -0.452 e. The standard InChI is InChI=1S/C12H10BrF2NO/c1-6-2-3-7(14)10(11(6)15)12(16)8-4-5-9(13)17-8/h2-5,12H,16H2,1H3. The molecule has 1 unspecified atom stereocenters. The van der Waals surface area contributed by atoms with Crippen molar-refractivity contribution < 1.29 is 13.2 Å². The molecular formula is C12H10BrF2NO. The molecule has 2 N–H and O–H groups in total. The second-order valence-electron chi connectivity index (χ2n) is 3.71. The first-order chi connectivity index (χ1) is 8.00. The van der Waals surface area contributed by atoms with Crippen LogP contribution in [0.5, 0.6) is 0 Å². The molecule has 5 heteroatoms. The van der Waals surface area contributed by atoms with Gasteiger partial charge in [0, 0.05) is 5.56 Å². The summed E-state index contributed by atoms with van der Waals surface area (Å²) in [4.78, 5) is 0. The highest BCUT2D eigenvalue weighted by Crippen LogP contribution is 2.28. The Morgan fingerprint density at radius 1 is 1.24 bits per heavy atom. The minimum absolute atomic E-state index is 0.174. The van der Waals surface area contributed by atoms with Crippen LogP contribution in [-0.2, 0) is 0 Å². The first kappa shape index (κ1) is 12.3. The summed E-state index contributed by atoms with van der Waals surface area (Å²) in [6.45, 7) is 1.56. The molecule has 1 atom stereocenters. The van der Waals surface area contributed by atoms with Crippen molar-refractivity contribution in [3.8, 4) is 0 Å². The van der Waals surface area contributed by atoms with Crippen LogP contribution in [-0.4, -0.2) is 0 Å². The van der Waals surface area contributed by atoms with E-state index in [1.165, 1.54) is 12.1 Å². The molecule has 0 saturated carbocycles. The van der Waals surface area contributed by atoms with Gasteiger partial charge < -0.3 is 10.2 Å². The quantitative estimate of drug-likeness (QED) is 0.919. The molecule has 0 bridgehead atoms. The Kier molecular flexibility index (Phi) is 3.31. The lowest BCUT2D eigenvalue weighted by Crippen LogP contribution is -2.15. The van der Waals surface area contributed by atoms with E-state index in [4.69, 9.17) is 10.2 Å². The molecule has 0 spiro atoms. The zero-order valence-corrected chi connectivity index (χ0v) is 10.6. The third kappa shape index (κ3) is 2.25. The number of aryl methyl sites for hydroxylation is 1. The van der Waals surface area contributed by atoms with Crippen LogP contribution in [0.3, 0.4) is 0 Å². The Bertz CT molecular complexity index is 553. The van der Waals surface area contributed by atoms with E-state index in [0.29, 0.717) is 16.0 Å². The van der Waals surface area contributed by atoms with E-state index in [2.05, 4.69) is 15.9 Å². The van der Waals surface area contributed by atoms with Gasteiger partial charge in [-0.15, -0.1) is 0 Å². The maximum Gasteiger partial charge on any atom is 0.169 e. The molecule has 0 radical (unpaired) electrons. The fourth-order valence-electron chi connectivity index (χ4n) is 1.60. The van der Waals surface area contributed by atoms with Gasteiger partial charge in [-0.05, 0) is 46.6 Å². The summed E-state index contributed by atoms with van der Waals surface area (Å²) >= 11 is 3.11. The third-order valence-electron chi connectivity index (χ3n) is 2.53. The molecule has 0 amide bonds. The lowest BCUT2D eigenvalue weighted by atomic mass is 10.0. The van der Waals surface area contributed by atoms with E-state index >= 15 is 0 Å². The highest BCUT2D eigenvalue weighted by Gasteiger charge is 2.22. The van der Waals surface area contributed by atoms with E-state index in [1.54, 1.807) is 19.1 Å². The van der Waals surface area contributed by atoms with Crippen molar-refractivity contribution in [2.75, 3.05) is 0 Å². The van der Waals surface area contributed by atoms with Gasteiger partial charge in [-0.3, -0.25) is 0 Å². The molecule has 90 valence electrons. The van der Waals surface area contributed by atoms with Gasteiger partial charge in [0.2, 0.25) is 0 Å². The van der Waals surface area contributed by atoms with Crippen molar-refractivity contribution in [2.45, 2.75) is 13.0 Å². The summed E-state index contributed by atoms with van der Waals surface area (Å²) in [5, 5.41) is 0. The van der Waals surface area contributed by atoms with Gasteiger partial charge in [-0.25, -0.2) is 8.78 Å². The first-order valence-electron chi connectivity index (χ1n) is 4.96. The molecule has 0 aliphatic rings. The monoisotopic (exact) mass is 301 g/mol. The number of hydrogen-bond acceptors (Lipinski definition) is 2. The summed E-state index contributed by atoms with van der Waals surface area (Å²) in [6, 6.07) is 4.82. The van der Waals surface area contributed by atoms with E-state index in [0.717, 1.165) is 0 Å². The normalized spacial score (nSPS) is 12.8. The smallest absolute Gasteiger partial charge is 0.169 e. The van der Waals surface area contributed by atoms with Gasteiger partial charge >= 0.3 is 0 Å². The first-order valence-corrected chi connectivity index (χ1v) is 5.75. The number of hydrogen-bond donors (Lipinski definition) is 1. The summed E-state index contributed by atoms with van der Waals surface area (Å²) in [5.74, 6) is -1.00. The maximum absolute atomic E-state index is 13.8. The zero-order valence-electron chi connectivity index (χ0n) is 9.01. The number of rotatable bonds is 2. The molecule has 2 aromatic rings. The largest absolute Gasteiger partial charge is 0.452 e. The Morgan fingerprint density at radius 2 is 1.94 bits per heavy atom. The zero-order chi connectivity index (χ0) is 12.6. The van der Waals surface area contributed by atoms with Crippen molar-refractivity contribution in [1.29, 1.82) is 0 Å². The molecule has 1 aromatic carbocycles. The topological polar surface area (TPSA) is 39.2 Å². The minimum atomic E-state index is -0.957. The van der Waals surface area contributed by atoms with Crippen molar-refractivity contribution in [3.05, 3.63) is 57.5 Å². The fraction of sp³-hybridized carbons (Fsp3) is 0.167. The van der Waals surface area contributed by atoms with Gasteiger partial charge in [-0.1, -0.05) is 6.07 Å². The van der Waals surface area contributed by atoms with E-state index in [9.17, 15) is 8.78 Å². The summed E-state index contributed by atoms with van der Waals surface area (Å²) < 4.78 is 33.1. The van der Waals surface area contributed by atoms with E-state index in [1.807, 2.05) is 0 Å². The number of halogens is 3. The van der Waals surface area contributed by atoms with Crippen LogP contribution in [0.4, 0.5) is 8.78 Å². The Hall–Kier alpha value is -1.20. The maximum atomic E-state index is 13.8. The van der Waals surface area contributed by atoms with Gasteiger partial charge in [-0.2, -0.15) is 0 Å². The molecule has 17 heavy (non-hydrogen) atoms. The van der Waals surface area contributed by atoms with Crippen molar-refractivity contribution >= 4 is 15.9 Å². The van der Waals surface area contributed by atoms with E-state index < -0.39 is 17.7 Å². The van der Waals surface area contributed by atoms with Gasteiger partial charge in [0.25, 0.3) is 0 Å². The van der Waals surface area contributed by atoms with Crippen LogP contribution in [0.2, 0.25) is 0 Å². The predicted molar refractivity (Wildman–Crippen MR) is 63.5 cm³/mol. The van der Waals surface area contributed by atoms with Gasteiger partial charge in [0.15, 0.2) is 4.67 Å². The van der Waals surface area contributed by atoms with Crippen molar-refractivity contribution in [2.24, 2.45) is 5.73 Å². The lowest BCUT2D eigenvalue weighted by molar-refractivity contribution is 0.451. The molecule has 0 aliphatic carbocycles. The highest BCUT2D eigenvalue weighted by molar-refractivity contribution is 9.10. The van der Waals surface area contributed by atoms with Crippen LogP contribution in [0.1, 0.15) is 22.9 Å². The molecule has 1 heterocycles. The van der Waals surface area contributed by atoms with Crippen LogP contribution < -0.4 is 5.73 Å². The second kappa shape index (κ2) is 4.58. The third-order valence-corrected chi connectivity index (χ3v) is 2.96. The molecule has 2 rings (SSSR count). The van der Waals surface area contributed by atoms with Crippen LogP contribution in [0, 0.1) is 18.6 Å². The van der Waals surface area contributed by atoms with Crippen LogP contribution in [0.25, 0.3) is 0 Å². The van der Waals surface area contributed by atoms with E-state index in [-0.39, 0.29) is 5.56 Å². The van der Waals surface area contributed by atoms with Crippen molar-refractivity contribution in [1.82, 2.24) is 0 Å². The van der Waals surface area contributed by atoms with Gasteiger partial charge in [0.1, 0.15) is 17.4 Å². The van der Waals surface area contributed by atoms with Crippen LogP contribution in [0.15, 0.2) is 33.4 Å². The molecule has 0 saturated heterocycles. The lowest BCUT2D eigenvalue weighted by Gasteiger charge is -2.12. The number of benzene rings is 1. The summed E-state index contributed by atoms with van der Waals surface area (Å²) in [6.07, 6.45) is 0. The summed E-state index contributed by atoms with van der Waals surface area (Å²) in [5.41, 5.74) is 5.98. The molecule has 2 nitrogen and oxygen atoms in total. The predicted octanol–water partition coefficient (Wildman–Crippen LogP) is 3.68. The molecule has 0 fully saturated rings. The Morgan fingerprint density at radius 3 is 2.53 bits per heavy atom. The van der Waals surface area contributed by atoms with Crippen LogP contribution >= 0.6 is 15.9 Å². The summed E-state index contributed by atoms with van der Waals surface area (Å²) in [7, 11) is 0. The second-order valence-corrected chi connectivity index (χ2v) is 4.49. The average molecular weight is 302 g/mol. The Balaban J connectivity index is 2.50. The fourth-order valence-corrected chi connectivity index (χ4v) is 1.92. The molecule has 0 aliphatic heterocycles. The number of furan rings is 1.